The topological polar surface area (TPSA) is 9.23 Å². The fourth-order valence-corrected chi connectivity index (χ4v) is 2.39. The minimum atomic E-state index is 0.993. The molecule has 1 nitrogen and oxygen atoms in total. The summed E-state index contributed by atoms with van der Waals surface area (Å²) in [6.07, 6.45) is 2.11. The van der Waals surface area contributed by atoms with Crippen LogP contribution >= 0.6 is 11.8 Å². The third-order valence-electron chi connectivity index (χ3n) is 2.40. The summed E-state index contributed by atoms with van der Waals surface area (Å²) in [5.74, 6) is 0.993. The quantitative estimate of drug-likeness (QED) is 0.671. The van der Waals surface area contributed by atoms with E-state index in [0.29, 0.717) is 0 Å². The van der Waals surface area contributed by atoms with Gasteiger partial charge in [-0.25, -0.2) is 0 Å². The van der Waals surface area contributed by atoms with Crippen molar-refractivity contribution in [3.05, 3.63) is 22.8 Å². The van der Waals surface area contributed by atoms with E-state index in [1.54, 1.807) is 18.9 Å². The van der Waals surface area contributed by atoms with Gasteiger partial charge >= 0.3 is 0 Å². The number of hydrogen-bond donors (Lipinski definition) is 0. The Morgan fingerprint density at radius 2 is 1.77 bits per heavy atom. The van der Waals surface area contributed by atoms with E-state index in [-0.39, 0.29) is 0 Å². The summed E-state index contributed by atoms with van der Waals surface area (Å²) in [5.41, 5.74) is 3.88. The lowest BCUT2D eigenvalue weighted by atomic mass is 10.1. The van der Waals surface area contributed by atoms with Crippen molar-refractivity contribution in [3.63, 3.8) is 0 Å². The third-order valence-corrected chi connectivity index (χ3v) is 3.44. The first-order chi connectivity index (χ1) is 6.11. The van der Waals surface area contributed by atoms with E-state index in [1.165, 1.54) is 21.6 Å². The summed E-state index contributed by atoms with van der Waals surface area (Å²) >= 11 is 1.80. The summed E-state index contributed by atoms with van der Waals surface area (Å²) in [6.45, 7) is 6.38. The molecule has 0 N–H and O–H groups in total. The molecule has 0 heterocycles. The fraction of sp³-hybridized carbons (Fsp3) is 0.455. The second-order valence-electron chi connectivity index (χ2n) is 3.18. The zero-order valence-electron chi connectivity index (χ0n) is 8.89. The number of thioether (sulfide) groups is 1. The van der Waals surface area contributed by atoms with Crippen molar-refractivity contribution in [1.82, 2.24) is 0 Å². The molecule has 0 radical (unpaired) electrons. The molecule has 72 valence electrons. The normalized spacial score (nSPS) is 10.2. The fourth-order valence-electron chi connectivity index (χ4n) is 1.55. The van der Waals surface area contributed by atoms with Gasteiger partial charge in [-0.3, -0.25) is 0 Å². The van der Waals surface area contributed by atoms with E-state index in [0.717, 1.165) is 5.75 Å². The maximum Gasteiger partial charge on any atom is 0.122 e. The number of aryl methyl sites for hydroxylation is 1. The second-order valence-corrected chi connectivity index (χ2v) is 4.00. The molecule has 0 aromatic heterocycles. The first kappa shape index (κ1) is 10.5. The SMILES string of the molecule is COc1cc(C)c(SC)c(C)c1C. The average molecular weight is 196 g/mol. The molecule has 2 heteroatoms. The molecule has 0 fully saturated rings. The maximum atomic E-state index is 5.30. The van der Waals surface area contributed by atoms with Crippen LogP contribution in [0.5, 0.6) is 5.75 Å². The van der Waals surface area contributed by atoms with Gasteiger partial charge in [0.2, 0.25) is 0 Å². The highest BCUT2D eigenvalue weighted by molar-refractivity contribution is 7.98. The van der Waals surface area contributed by atoms with Crippen molar-refractivity contribution >= 4 is 11.8 Å². The highest BCUT2D eigenvalue weighted by atomic mass is 32.2. The van der Waals surface area contributed by atoms with Crippen molar-refractivity contribution in [2.24, 2.45) is 0 Å². The van der Waals surface area contributed by atoms with Crippen LogP contribution in [0, 0.1) is 20.8 Å². The first-order valence-corrected chi connectivity index (χ1v) is 5.53. The Morgan fingerprint density at radius 3 is 2.23 bits per heavy atom. The lowest BCUT2D eigenvalue weighted by Crippen LogP contribution is -1.94. The summed E-state index contributed by atoms with van der Waals surface area (Å²) < 4.78 is 5.30. The van der Waals surface area contributed by atoms with Crippen molar-refractivity contribution in [1.29, 1.82) is 0 Å². The van der Waals surface area contributed by atoms with Crippen LogP contribution in [-0.4, -0.2) is 13.4 Å². The van der Waals surface area contributed by atoms with Gasteiger partial charge in [0.25, 0.3) is 0 Å². The van der Waals surface area contributed by atoms with Crippen LogP contribution in [0.4, 0.5) is 0 Å². The summed E-state index contributed by atoms with van der Waals surface area (Å²) in [7, 11) is 1.72. The summed E-state index contributed by atoms with van der Waals surface area (Å²) in [6, 6.07) is 2.11. The zero-order valence-corrected chi connectivity index (χ0v) is 9.71. The number of rotatable bonds is 2. The van der Waals surface area contributed by atoms with Crippen LogP contribution in [0.15, 0.2) is 11.0 Å². The number of ether oxygens (including phenoxy) is 1. The largest absolute Gasteiger partial charge is 0.496 e. The molecule has 0 aliphatic rings. The Balaban J connectivity index is 3.37. The van der Waals surface area contributed by atoms with Gasteiger partial charge in [0.1, 0.15) is 5.75 Å². The monoisotopic (exact) mass is 196 g/mol. The van der Waals surface area contributed by atoms with Gasteiger partial charge in [0.15, 0.2) is 0 Å². The molecule has 0 saturated heterocycles. The smallest absolute Gasteiger partial charge is 0.122 e. The Hall–Kier alpha value is -0.630. The number of benzene rings is 1. The Labute approximate surface area is 84.5 Å². The molecule has 0 aliphatic heterocycles. The van der Waals surface area contributed by atoms with E-state index >= 15 is 0 Å². The predicted molar refractivity (Wildman–Crippen MR) is 59.0 cm³/mol. The Kier molecular flexibility index (Phi) is 3.26. The Bertz CT molecular complexity index is 318. The van der Waals surface area contributed by atoms with Crippen LogP contribution in [0.3, 0.4) is 0 Å². The van der Waals surface area contributed by atoms with E-state index in [2.05, 4.69) is 33.1 Å². The second kappa shape index (κ2) is 4.05. The predicted octanol–water partition coefficient (Wildman–Crippen LogP) is 3.34. The van der Waals surface area contributed by atoms with Crippen LogP contribution < -0.4 is 4.74 Å². The van der Waals surface area contributed by atoms with Gasteiger partial charge in [0.05, 0.1) is 7.11 Å². The van der Waals surface area contributed by atoms with Crippen LogP contribution in [0.1, 0.15) is 16.7 Å². The summed E-state index contributed by atoms with van der Waals surface area (Å²) in [4.78, 5) is 1.37. The van der Waals surface area contributed by atoms with Crippen molar-refractivity contribution in [2.75, 3.05) is 13.4 Å². The van der Waals surface area contributed by atoms with Gasteiger partial charge in [-0.15, -0.1) is 11.8 Å². The molecule has 13 heavy (non-hydrogen) atoms. The zero-order chi connectivity index (χ0) is 10.0. The Morgan fingerprint density at radius 1 is 1.15 bits per heavy atom. The van der Waals surface area contributed by atoms with Crippen LogP contribution in [-0.2, 0) is 0 Å². The molecule has 0 unspecified atom stereocenters. The van der Waals surface area contributed by atoms with Gasteiger partial charge in [-0.05, 0) is 49.8 Å². The minimum absolute atomic E-state index is 0.993. The first-order valence-electron chi connectivity index (χ1n) is 4.30. The van der Waals surface area contributed by atoms with Crippen molar-refractivity contribution in [3.8, 4) is 5.75 Å². The highest BCUT2D eigenvalue weighted by Crippen LogP contribution is 2.32. The van der Waals surface area contributed by atoms with Crippen molar-refractivity contribution < 1.29 is 4.74 Å². The van der Waals surface area contributed by atoms with Gasteiger partial charge in [0, 0.05) is 4.90 Å². The van der Waals surface area contributed by atoms with E-state index < -0.39 is 0 Å². The molecule has 0 saturated carbocycles. The third kappa shape index (κ3) is 1.83. The molecule has 0 amide bonds. The number of hydrogen-bond acceptors (Lipinski definition) is 2. The molecule has 1 aromatic carbocycles. The number of methoxy groups -OCH3 is 1. The molecule has 1 rings (SSSR count). The molecule has 0 spiro atoms. The lowest BCUT2D eigenvalue weighted by molar-refractivity contribution is 0.410. The van der Waals surface area contributed by atoms with Crippen molar-refractivity contribution in [2.45, 2.75) is 25.7 Å². The van der Waals surface area contributed by atoms with E-state index in [1.807, 2.05) is 0 Å². The molecule has 0 bridgehead atoms. The van der Waals surface area contributed by atoms with E-state index in [4.69, 9.17) is 4.74 Å². The van der Waals surface area contributed by atoms with Crippen LogP contribution in [0.25, 0.3) is 0 Å². The van der Waals surface area contributed by atoms with E-state index in [9.17, 15) is 0 Å². The average Bonchev–Trinajstić information content (AvgIpc) is 2.12. The maximum absolute atomic E-state index is 5.30. The molecule has 0 atom stereocenters. The molecule has 1 aromatic rings. The van der Waals surface area contributed by atoms with Gasteiger partial charge in [-0.1, -0.05) is 0 Å². The van der Waals surface area contributed by atoms with Gasteiger partial charge in [-0.2, -0.15) is 0 Å². The highest BCUT2D eigenvalue weighted by Gasteiger charge is 2.08. The molecular formula is C11H16OS. The minimum Gasteiger partial charge on any atom is -0.496 e. The molecule has 0 aliphatic carbocycles. The summed E-state index contributed by atoms with van der Waals surface area (Å²) in [5, 5.41) is 0. The lowest BCUT2D eigenvalue weighted by Gasteiger charge is -2.13. The molecular weight excluding hydrogens is 180 g/mol. The standard InChI is InChI=1S/C11H16OS/c1-7-6-10(12-4)8(2)9(3)11(7)13-5/h6H,1-5H3. The van der Waals surface area contributed by atoms with Crippen LogP contribution in [0.2, 0.25) is 0 Å². The van der Waals surface area contributed by atoms with Gasteiger partial charge < -0.3 is 4.74 Å².